The Bertz CT molecular complexity index is 808. The van der Waals surface area contributed by atoms with Gasteiger partial charge < -0.3 is 9.47 Å². The molecule has 0 aliphatic rings. The molecule has 0 spiro atoms. The minimum Gasteiger partial charge on any atom is -0.493 e. The van der Waals surface area contributed by atoms with E-state index in [0.29, 0.717) is 17.2 Å². The molecule has 0 aliphatic heterocycles. The Morgan fingerprint density at radius 1 is 0.957 bits per heavy atom. The number of hydrogen-bond donors (Lipinski definition) is 0. The summed E-state index contributed by atoms with van der Waals surface area (Å²) in [6, 6.07) is 7.10. The fraction of sp³-hybridized carbons (Fsp3) is 0.0667. The number of benzene rings is 1. The molecule has 0 amide bonds. The number of nitrogens with zero attached hydrogens (tertiary/aromatic N) is 4. The minimum absolute atomic E-state index is 0.0663. The van der Waals surface area contributed by atoms with Crippen molar-refractivity contribution < 1.29 is 9.47 Å². The maximum atomic E-state index is 6.18. The van der Waals surface area contributed by atoms with Gasteiger partial charge in [0.1, 0.15) is 5.69 Å². The van der Waals surface area contributed by atoms with Gasteiger partial charge in [0.2, 0.25) is 5.75 Å². The molecular weight excluding hydrogens is 339 g/mol. The first-order chi connectivity index (χ1) is 11.2. The van der Waals surface area contributed by atoms with E-state index in [9.17, 15) is 0 Å². The zero-order valence-electron chi connectivity index (χ0n) is 11.9. The van der Waals surface area contributed by atoms with Crippen LogP contribution in [0.3, 0.4) is 0 Å². The van der Waals surface area contributed by atoms with Crippen LogP contribution in [0.15, 0.2) is 42.9 Å². The van der Waals surface area contributed by atoms with Crippen LogP contribution >= 0.6 is 23.2 Å². The molecule has 116 valence electrons. The van der Waals surface area contributed by atoms with E-state index in [0.717, 1.165) is 0 Å². The molecule has 0 saturated heterocycles. The maximum absolute atomic E-state index is 6.18. The van der Waals surface area contributed by atoms with Crippen LogP contribution in [0.25, 0.3) is 11.5 Å². The number of rotatable bonds is 4. The summed E-state index contributed by atoms with van der Waals surface area (Å²) in [5.74, 6) is 1.40. The van der Waals surface area contributed by atoms with Crippen LogP contribution in [0, 0.1) is 0 Å². The van der Waals surface area contributed by atoms with Gasteiger partial charge >= 0.3 is 0 Å². The van der Waals surface area contributed by atoms with Crippen LogP contribution < -0.4 is 9.47 Å². The van der Waals surface area contributed by atoms with Crippen molar-refractivity contribution in [2.45, 2.75) is 0 Å². The molecule has 2 aromatic heterocycles. The van der Waals surface area contributed by atoms with Crippen molar-refractivity contribution in [3.05, 3.63) is 53.2 Å². The summed E-state index contributed by atoms with van der Waals surface area (Å²) in [6.45, 7) is 0. The molecule has 3 aromatic rings. The predicted octanol–water partition coefficient (Wildman–Crippen LogP) is 4.04. The Morgan fingerprint density at radius 3 is 2.26 bits per heavy atom. The molecule has 8 heteroatoms. The normalized spacial score (nSPS) is 10.4. The Morgan fingerprint density at radius 2 is 1.65 bits per heavy atom. The van der Waals surface area contributed by atoms with Gasteiger partial charge in [0.15, 0.2) is 27.6 Å². The molecule has 0 saturated carbocycles. The lowest BCUT2D eigenvalue weighted by atomic mass is 10.3. The highest BCUT2D eigenvalue weighted by molar-refractivity contribution is 6.35. The van der Waals surface area contributed by atoms with E-state index < -0.39 is 0 Å². The Labute approximate surface area is 142 Å². The smallest absolute Gasteiger partial charge is 0.202 e. The average Bonchev–Trinajstić information content (AvgIpc) is 2.59. The fourth-order valence-electron chi connectivity index (χ4n) is 1.82. The van der Waals surface area contributed by atoms with Gasteiger partial charge in [-0.2, -0.15) is 0 Å². The first-order valence-electron chi connectivity index (χ1n) is 6.49. The number of hydrogen-bond acceptors (Lipinski definition) is 6. The van der Waals surface area contributed by atoms with Gasteiger partial charge in [0.05, 0.1) is 13.3 Å². The third-order valence-corrected chi connectivity index (χ3v) is 3.37. The van der Waals surface area contributed by atoms with Crippen LogP contribution in [0.5, 0.6) is 17.2 Å². The van der Waals surface area contributed by atoms with Crippen molar-refractivity contribution in [2.24, 2.45) is 0 Å². The zero-order valence-corrected chi connectivity index (χ0v) is 13.4. The van der Waals surface area contributed by atoms with Crippen molar-refractivity contribution in [1.29, 1.82) is 0 Å². The lowest BCUT2D eigenvalue weighted by Gasteiger charge is -2.12. The van der Waals surface area contributed by atoms with E-state index in [1.165, 1.54) is 12.4 Å². The van der Waals surface area contributed by atoms with Gasteiger partial charge in [-0.15, -0.1) is 0 Å². The number of para-hydroxylation sites is 2. The molecule has 2 heterocycles. The molecule has 0 unspecified atom stereocenters. The Hall–Kier alpha value is -2.44. The van der Waals surface area contributed by atoms with Crippen molar-refractivity contribution in [3.8, 4) is 28.8 Å². The monoisotopic (exact) mass is 348 g/mol. The summed E-state index contributed by atoms with van der Waals surface area (Å²) < 4.78 is 10.9. The minimum atomic E-state index is 0.0663. The molecule has 0 fully saturated rings. The molecule has 0 radical (unpaired) electrons. The van der Waals surface area contributed by atoms with Crippen molar-refractivity contribution >= 4 is 23.2 Å². The highest BCUT2D eigenvalue weighted by atomic mass is 35.5. The van der Waals surface area contributed by atoms with Gasteiger partial charge in [0.25, 0.3) is 0 Å². The van der Waals surface area contributed by atoms with E-state index in [1.807, 2.05) is 6.07 Å². The maximum Gasteiger partial charge on any atom is 0.202 e. The van der Waals surface area contributed by atoms with Crippen LogP contribution in [-0.4, -0.2) is 27.0 Å². The second kappa shape index (κ2) is 6.76. The molecule has 0 atom stereocenters. The van der Waals surface area contributed by atoms with E-state index in [4.69, 9.17) is 32.7 Å². The van der Waals surface area contributed by atoms with Gasteiger partial charge in [-0.3, -0.25) is 4.98 Å². The molecule has 0 bridgehead atoms. The summed E-state index contributed by atoms with van der Waals surface area (Å²) >= 11 is 12.4. The molecular formula is C15H10Cl2N4O2. The largest absolute Gasteiger partial charge is 0.493 e. The van der Waals surface area contributed by atoms with E-state index in [-0.39, 0.29) is 21.9 Å². The van der Waals surface area contributed by atoms with Crippen molar-refractivity contribution in [3.63, 3.8) is 0 Å². The van der Waals surface area contributed by atoms with Crippen molar-refractivity contribution in [2.75, 3.05) is 7.11 Å². The first kappa shape index (κ1) is 15.5. The Kier molecular flexibility index (Phi) is 4.55. The van der Waals surface area contributed by atoms with E-state index in [1.54, 1.807) is 31.5 Å². The number of aromatic nitrogens is 4. The van der Waals surface area contributed by atoms with Crippen LogP contribution in [0.4, 0.5) is 0 Å². The molecule has 23 heavy (non-hydrogen) atoms. The van der Waals surface area contributed by atoms with Crippen LogP contribution in [0.2, 0.25) is 10.3 Å². The van der Waals surface area contributed by atoms with Crippen LogP contribution in [-0.2, 0) is 0 Å². The van der Waals surface area contributed by atoms with Gasteiger partial charge in [0, 0.05) is 12.4 Å². The average molecular weight is 349 g/mol. The quantitative estimate of drug-likeness (QED) is 0.662. The number of halogens is 2. The molecule has 0 N–H and O–H groups in total. The zero-order chi connectivity index (χ0) is 16.2. The summed E-state index contributed by atoms with van der Waals surface area (Å²) in [7, 11) is 1.54. The Balaban J connectivity index is 1.98. The second-order valence-corrected chi connectivity index (χ2v) is 5.02. The fourth-order valence-corrected chi connectivity index (χ4v) is 2.29. The summed E-state index contributed by atoms with van der Waals surface area (Å²) in [5.41, 5.74) is 0.458. The summed E-state index contributed by atoms with van der Waals surface area (Å²) in [4.78, 5) is 16.4. The van der Waals surface area contributed by atoms with E-state index in [2.05, 4.69) is 19.9 Å². The SMILES string of the molecule is COc1ccccc1Oc1c(Cl)nc(-c2cnccn2)nc1Cl. The lowest BCUT2D eigenvalue weighted by Crippen LogP contribution is -1.98. The van der Waals surface area contributed by atoms with Crippen molar-refractivity contribution in [1.82, 2.24) is 19.9 Å². The molecule has 6 nitrogen and oxygen atoms in total. The summed E-state index contributed by atoms with van der Waals surface area (Å²) in [5, 5.41) is 0.133. The highest BCUT2D eigenvalue weighted by Crippen LogP contribution is 2.38. The summed E-state index contributed by atoms with van der Waals surface area (Å²) in [6.07, 6.45) is 4.59. The molecule has 0 aliphatic carbocycles. The molecule has 1 aromatic carbocycles. The third-order valence-electron chi connectivity index (χ3n) is 2.86. The third kappa shape index (κ3) is 3.33. The highest BCUT2D eigenvalue weighted by Gasteiger charge is 2.17. The first-order valence-corrected chi connectivity index (χ1v) is 7.25. The lowest BCUT2D eigenvalue weighted by molar-refractivity contribution is 0.378. The molecule has 3 rings (SSSR count). The standard InChI is InChI=1S/C15H10Cl2N4O2/c1-22-10-4-2-3-5-11(10)23-12-13(16)20-15(21-14(12)17)9-8-18-6-7-19-9/h2-8H,1H3. The number of methoxy groups -OCH3 is 1. The number of ether oxygens (including phenoxy) is 2. The second-order valence-electron chi connectivity index (χ2n) is 4.30. The topological polar surface area (TPSA) is 70.0 Å². The van der Waals surface area contributed by atoms with Gasteiger partial charge in [-0.1, -0.05) is 35.3 Å². The predicted molar refractivity (Wildman–Crippen MR) is 86.1 cm³/mol. The van der Waals surface area contributed by atoms with E-state index >= 15 is 0 Å². The van der Waals surface area contributed by atoms with Crippen LogP contribution in [0.1, 0.15) is 0 Å². The van der Waals surface area contributed by atoms with Gasteiger partial charge in [-0.05, 0) is 12.1 Å². The van der Waals surface area contributed by atoms with Gasteiger partial charge in [-0.25, -0.2) is 15.0 Å².